The molecule has 2 aromatic carbocycles. The number of amides is 1. The molecular weight excluding hydrogens is 286 g/mol. The maximum absolute atomic E-state index is 12.0. The summed E-state index contributed by atoms with van der Waals surface area (Å²) in [5.74, 6) is -0.694. The summed E-state index contributed by atoms with van der Waals surface area (Å²) in [6, 6.07) is 14.0. The zero-order valence-electron chi connectivity index (χ0n) is 9.71. The average Bonchev–Trinajstić information content (AvgIpc) is 2.39. The molecule has 4 nitrogen and oxygen atoms in total. The van der Waals surface area contributed by atoms with Crippen LogP contribution in [0.15, 0.2) is 59.5 Å². The molecule has 0 bridgehead atoms. The first-order valence-corrected chi connectivity index (χ1v) is 7.23. The average molecular weight is 296 g/mol. The highest BCUT2D eigenvalue weighted by atomic mass is 35.5. The summed E-state index contributed by atoms with van der Waals surface area (Å²) in [6.07, 6.45) is 0. The molecule has 0 atom stereocenters. The van der Waals surface area contributed by atoms with Gasteiger partial charge in [0.15, 0.2) is 0 Å². The molecule has 0 unspecified atom stereocenters. The Morgan fingerprint density at radius 3 is 2.16 bits per heavy atom. The molecule has 1 amide bonds. The fraction of sp³-hybridized carbons (Fsp3) is 0. The molecule has 0 saturated carbocycles. The van der Waals surface area contributed by atoms with Crippen molar-refractivity contribution in [3.63, 3.8) is 0 Å². The molecule has 0 aliphatic rings. The van der Waals surface area contributed by atoms with Crippen molar-refractivity contribution < 1.29 is 13.2 Å². The van der Waals surface area contributed by atoms with Gasteiger partial charge < -0.3 is 0 Å². The topological polar surface area (TPSA) is 63.2 Å². The molecule has 0 fully saturated rings. The Morgan fingerprint density at radius 2 is 1.53 bits per heavy atom. The molecule has 0 spiro atoms. The van der Waals surface area contributed by atoms with E-state index in [9.17, 15) is 13.2 Å². The molecule has 0 aromatic heterocycles. The predicted molar refractivity (Wildman–Crippen MR) is 72.5 cm³/mol. The summed E-state index contributed by atoms with van der Waals surface area (Å²) in [7, 11) is -3.97. The highest BCUT2D eigenvalue weighted by Crippen LogP contribution is 2.20. The molecule has 0 heterocycles. The summed E-state index contributed by atoms with van der Waals surface area (Å²) in [5.41, 5.74) is 0.262. The first-order chi connectivity index (χ1) is 9.00. The molecule has 2 rings (SSSR count). The predicted octanol–water partition coefficient (Wildman–Crippen LogP) is 2.46. The van der Waals surface area contributed by atoms with Crippen molar-refractivity contribution in [3.05, 3.63) is 65.2 Å². The summed E-state index contributed by atoms with van der Waals surface area (Å²) < 4.78 is 26.0. The number of carbonyl (C=O) groups excluding carboxylic acids is 1. The lowest BCUT2D eigenvalue weighted by Crippen LogP contribution is -2.30. The second-order valence-corrected chi connectivity index (χ2v) is 5.79. The van der Waals surface area contributed by atoms with Crippen LogP contribution in [0.1, 0.15) is 10.4 Å². The first-order valence-electron chi connectivity index (χ1n) is 5.37. The van der Waals surface area contributed by atoms with Crippen molar-refractivity contribution in [1.82, 2.24) is 4.72 Å². The number of hydrogen-bond acceptors (Lipinski definition) is 3. The highest BCUT2D eigenvalue weighted by Gasteiger charge is 2.20. The number of benzene rings is 2. The smallest absolute Gasteiger partial charge is 0.265 e. The van der Waals surface area contributed by atoms with Gasteiger partial charge in [-0.25, -0.2) is 13.1 Å². The molecule has 0 aliphatic carbocycles. The molecule has 98 valence electrons. The van der Waals surface area contributed by atoms with E-state index in [0.717, 1.165) is 0 Å². The Balaban J connectivity index is 2.29. The third kappa shape index (κ3) is 3.13. The van der Waals surface area contributed by atoms with Gasteiger partial charge in [0.05, 0.1) is 5.02 Å². The molecule has 0 aliphatic heterocycles. The van der Waals surface area contributed by atoms with E-state index in [0.29, 0.717) is 0 Å². The van der Waals surface area contributed by atoms with Crippen LogP contribution < -0.4 is 4.72 Å². The molecule has 0 saturated heterocycles. The van der Waals surface area contributed by atoms with E-state index in [-0.39, 0.29) is 15.5 Å². The van der Waals surface area contributed by atoms with Crippen LogP contribution in [0, 0.1) is 0 Å². The van der Waals surface area contributed by atoms with E-state index < -0.39 is 15.9 Å². The fourth-order valence-corrected chi connectivity index (χ4v) is 2.98. The summed E-state index contributed by atoms with van der Waals surface area (Å²) in [5, 5.41) is 0.0656. The van der Waals surface area contributed by atoms with Crippen molar-refractivity contribution in [3.8, 4) is 0 Å². The second-order valence-electron chi connectivity index (χ2n) is 3.73. The Labute approximate surface area is 116 Å². The number of carbonyl (C=O) groups is 1. The number of halogens is 1. The van der Waals surface area contributed by atoms with Crippen molar-refractivity contribution in [2.75, 3.05) is 0 Å². The molecular formula is C13H10ClNO3S. The van der Waals surface area contributed by atoms with Crippen LogP contribution in [0.25, 0.3) is 0 Å². The fourth-order valence-electron chi connectivity index (χ4n) is 1.49. The van der Waals surface area contributed by atoms with Gasteiger partial charge in [0.1, 0.15) is 4.90 Å². The lowest BCUT2D eigenvalue weighted by molar-refractivity contribution is 0.0981. The Hall–Kier alpha value is -1.85. The van der Waals surface area contributed by atoms with Crippen LogP contribution in [0.2, 0.25) is 5.02 Å². The largest absolute Gasteiger partial charge is 0.268 e. The minimum atomic E-state index is -3.97. The van der Waals surface area contributed by atoms with E-state index in [2.05, 4.69) is 0 Å². The van der Waals surface area contributed by atoms with Crippen LogP contribution in [0.3, 0.4) is 0 Å². The van der Waals surface area contributed by atoms with Gasteiger partial charge >= 0.3 is 0 Å². The van der Waals surface area contributed by atoms with Gasteiger partial charge in [0.25, 0.3) is 15.9 Å². The Bertz CT molecular complexity index is 699. The van der Waals surface area contributed by atoms with Crippen molar-refractivity contribution in [2.24, 2.45) is 0 Å². The van der Waals surface area contributed by atoms with Gasteiger partial charge in [-0.15, -0.1) is 0 Å². The van der Waals surface area contributed by atoms with Gasteiger partial charge in [-0.1, -0.05) is 41.9 Å². The summed E-state index contributed by atoms with van der Waals surface area (Å²) in [4.78, 5) is 11.7. The minimum Gasteiger partial charge on any atom is -0.268 e. The van der Waals surface area contributed by atoms with Crippen LogP contribution in [-0.4, -0.2) is 14.3 Å². The molecule has 0 radical (unpaired) electrons. The zero-order chi connectivity index (χ0) is 13.9. The van der Waals surface area contributed by atoms with Gasteiger partial charge in [-0.3, -0.25) is 4.79 Å². The first kappa shape index (κ1) is 13.6. The number of nitrogens with one attached hydrogen (secondary N) is 1. The van der Waals surface area contributed by atoms with Gasteiger partial charge in [0, 0.05) is 5.56 Å². The summed E-state index contributed by atoms with van der Waals surface area (Å²) in [6.45, 7) is 0. The molecule has 2 aromatic rings. The third-order valence-corrected chi connectivity index (χ3v) is 4.22. The monoisotopic (exact) mass is 295 g/mol. The Kier molecular flexibility index (Phi) is 3.87. The van der Waals surface area contributed by atoms with Crippen LogP contribution in [-0.2, 0) is 10.0 Å². The number of sulfonamides is 1. The minimum absolute atomic E-state index is 0.0656. The SMILES string of the molecule is O=C(NS(=O)(=O)c1ccccc1Cl)c1ccccc1. The van der Waals surface area contributed by atoms with E-state index >= 15 is 0 Å². The normalized spacial score (nSPS) is 11.0. The maximum Gasteiger partial charge on any atom is 0.265 e. The number of hydrogen-bond donors (Lipinski definition) is 1. The molecule has 1 N–H and O–H groups in total. The third-order valence-electron chi connectivity index (χ3n) is 2.39. The van der Waals surface area contributed by atoms with Crippen LogP contribution >= 0.6 is 11.6 Å². The lowest BCUT2D eigenvalue weighted by Gasteiger charge is -2.08. The van der Waals surface area contributed by atoms with Crippen molar-refractivity contribution >= 4 is 27.5 Å². The van der Waals surface area contributed by atoms with Crippen molar-refractivity contribution in [1.29, 1.82) is 0 Å². The zero-order valence-corrected chi connectivity index (χ0v) is 11.3. The van der Waals surface area contributed by atoms with Gasteiger partial charge in [-0.05, 0) is 24.3 Å². The van der Waals surface area contributed by atoms with E-state index in [4.69, 9.17) is 11.6 Å². The highest BCUT2D eigenvalue weighted by molar-refractivity contribution is 7.90. The molecule has 6 heteroatoms. The number of rotatable bonds is 3. The van der Waals surface area contributed by atoms with E-state index in [1.165, 1.54) is 30.3 Å². The lowest BCUT2D eigenvalue weighted by atomic mass is 10.2. The maximum atomic E-state index is 12.0. The van der Waals surface area contributed by atoms with Crippen LogP contribution in [0.5, 0.6) is 0 Å². The molecule has 19 heavy (non-hydrogen) atoms. The van der Waals surface area contributed by atoms with Gasteiger partial charge in [-0.2, -0.15) is 0 Å². The van der Waals surface area contributed by atoms with E-state index in [1.807, 2.05) is 4.72 Å². The van der Waals surface area contributed by atoms with E-state index in [1.54, 1.807) is 24.3 Å². The Morgan fingerprint density at radius 1 is 0.947 bits per heavy atom. The second kappa shape index (κ2) is 5.42. The van der Waals surface area contributed by atoms with Crippen LogP contribution in [0.4, 0.5) is 0 Å². The summed E-state index contributed by atoms with van der Waals surface area (Å²) >= 11 is 5.81. The quantitative estimate of drug-likeness (QED) is 0.946. The van der Waals surface area contributed by atoms with Crippen molar-refractivity contribution in [2.45, 2.75) is 4.90 Å². The standard InChI is InChI=1S/C13H10ClNO3S/c14-11-8-4-5-9-12(11)19(17,18)15-13(16)10-6-2-1-3-7-10/h1-9H,(H,15,16). The van der Waals surface area contributed by atoms with Gasteiger partial charge in [0.2, 0.25) is 0 Å².